The normalized spacial score (nSPS) is 13.9. The van der Waals surface area contributed by atoms with Gasteiger partial charge in [-0.15, -0.1) is 0 Å². The second kappa shape index (κ2) is 6.30. The molecule has 0 saturated heterocycles. The van der Waals surface area contributed by atoms with Crippen LogP contribution >= 0.6 is 0 Å². The summed E-state index contributed by atoms with van der Waals surface area (Å²) in [6.07, 6.45) is 0.843. The average Bonchev–Trinajstić information content (AvgIpc) is 2.23. The van der Waals surface area contributed by atoms with Gasteiger partial charge in [0.1, 0.15) is 5.82 Å². The Morgan fingerprint density at radius 3 is 2.56 bits per heavy atom. The van der Waals surface area contributed by atoms with E-state index in [1.807, 2.05) is 6.07 Å². The highest BCUT2D eigenvalue weighted by atomic mass is 19.1. The predicted molar refractivity (Wildman–Crippen MR) is 74.9 cm³/mol. The fourth-order valence-electron chi connectivity index (χ4n) is 2.15. The summed E-state index contributed by atoms with van der Waals surface area (Å²) in [7, 11) is 2.10. The highest BCUT2D eigenvalue weighted by Gasteiger charge is 2.14. The van der Waals surface area contributed by atoms with Gasteiger partial charge in [0.25, 0.3) is 0 Å². The minimum atomic E-state index is -0.217. The van der Waals surface area contributed by atoms with Crippen molar-refractivity contribution < 1.29 is 4.39 Å². The SMILES string of the molecule is CN(CCC(N)c1cccc(F)c1)CC(C)(C)C. The summed E-state index contributed by atoms with van der Waals surface area (Å²) < 4.78 is 13.1. The zero-order chi connectivity index (χ0) is 13.8. The molecule has 102 valence electrons. The zero-order valence-electron chi connectivity index (χ0n) is 11.9. The fourth-order valence-corrected chi connectivity index (χ4v) is 2.15. The summed E-state index contributed by atoms with van der Waals surface area (Å²) in [6, 6.07) is 6.47. The molecule has 0 saturated carbocycles. The molecule has 0 amide bonds. The maximum absolute atomic E-state index is 13.1. The van der Waals surface area contributed by atoms with Gasteiger partial charge in [-0.25, -0.2) is 4.39 Å². The van der Waals surface area contributed by atoms with E-state index >= 15 is 0 Å². The van der Waals surface area contributed by atoms with Gasteiger partial charge in [0.05, 0.1) is 0 Å². The molecule has 2 N–H and O–H groups in total. The van der Waals surface area contributed by atoms with Gasteiger partial charge in [0.2, 0.25) is 0 Å². The van der Waals surface area contributed by atoms with Crippen LogP contribution in [0.1, 0.15) is 38.8 Å². The molecule has 0 aliphatic rings. The number of rotatable bonds is 5. The quantitative estimate of drug-likeness (QED) is 0.872. The van der Waals surface area contributed by atoms with Crippen LogP contribution in [0, 0.1) is 11.2 Å². The molecule has 0 aromatic heterocycles. The second-order valence-electron chi connectivity index (χ2n) is 6.25. The van der Waals surface area contributed by atoms with Gasteiger partial charge in [-0.05, 0) is 43.1 Å². The monoisotopic (exact) mass is 252 g/mol. The summed E-state index contributed by atoms with van der Waals surface area (Å²) in [4.78, 5) is 2.28. The Labute approximate surface area is 110 Å². The minimum absolute atomic E-state index is 0.0943. The smallest absolute Gasteiger partial charge is 0.123 e. The predicted octanol–water partition coefficient (Wildman–Crippen LogP) is 3.19. The van der Waals surface area contributed by atoms with Crippen molar-refractivity contribution in [2.24, 2.45) is 11.1 Å². The van der Waals surface area contributed by atoms with Gasteiger partial charge in [0, 0.05) is 12.6 Å². The molecule has 2 nitrogen and oxygen atoms in total. The molecule has 1 atom stereocenters. The lowest BCUT2D eigenvalue weighted by atomic mass is 9.96. The summed E-state index contributed by atoms with van der Waals surface area (Å²) in [6.45, 7) is 8.61. The Kier molecular flexibility index (Phi) is 5.29. The van der Waals surface area contributed by atoms with Crippen molar-refractivity contribution in [3.8, 4) is 0 Å². The summed E-state index contributed by atoms with van der Waals surface area (Å²) in [5.41, 5.74) is 7.25. The molecule has 1 rings (SSSR count). The third-order valence-corrected chi connectivity index (χ3v) is 2.84. The molecule has 0 aliphatic heterocycles. The Hall–Kier alpha value is -0.930. The summed E-state index contributed by atoms with van der Waals surface area (Å²) in [5.74, 6) is -0.217. The third-order valence-electron chi connectivity index (χ3n) is 2.84. The van der Waals surface area contributed by atoms with Gasteiger partial charge in [-0.3, -0.25) is 0 Å². The van der Waals surface area contributed by atoms with Crippen LogP contribution in [0.25, 0.3) is 0 Å². The van der Waals surface area contributed by atoms with E-state index in [2.05, 4.69) is 32.7 Å². The largest absolute Gasteiger partial charge is 0.324 e. The highest BCUT2D eigenvalue weighted by Crippen LogP contribution is 2.18. The van der Waals surface area contributed by atoms with E-state index in [9.17, 15) is 4.39 Å². The topological polar surface area (TPSA) is 29.3 Å². The van der Waals surface area contributed by atoms with Gasteiger partial charge in [-0.1, -0.05) is 32.9 Å². The van der Waals surface area contributed by atoms with Crippen molar-refractivity contribution >= 4 is 0 Å². The Morgan fingerprint density at radius 1 is 1.33 bits per heavy atom. The van der Waals surface area contributed by atoms with Crippen LogP contribution in [-0.2, 0) is 0 Å². The van der Waals surface area contributed by atoms with Crippen molar-refractivity contribution in [2.45, 2.75) is 33.2 Å². The average molecular weight is 252 g/mol. The molecule has 1 aromatic rings. The highest BCUT2D eigenvalue weighted by molar-refractivity contribution is 5.19. The summed E-state index contributed by atoms with van der Waals surface area (Å²) in [5, 5.41) is 0. The molecule has 3 heteroatoms. The number of hydrogen-bond acceptors (Lipinski definition) is 2. The lowest BCUT2D eigenvalue weighted by molar-refractivity contribution is 0.221. The van der Waals surface area contributed by atoms with Crippen LogP contribution in [0.2, 0.25) is 0 Å². The molecular formula is C15H25FN2. The van der Waals surface area contributed by atoms with Crippen LogP contribution in [0.3, 0.4) is 0 Å². The molecule has 0 heterocycles. The fraction of sp³-hybridized carbons (Fsp3) is 0.600. The molecule has 1 aromatic carbocycles. The molecule has 0 fully saturated rings. The number of nitrogens with zero attached hydrogens (tertiary/aromatic N) is 1. The Balaban J connectivity index is 2.44. The Morgan fingerprint density at radius 2 is 2.00 bits per heavy atom. The van der Waals surface area contributed by atoms with Crippen molar-refractivity contribution in [3.63, 3.8) is 0 Å². The number of hydrogen-bond donors (Lipinski definition) is 1. The Bertz CT molecular complexity index is 371. The zero-order valence-corrected chi connectivity index (χ0v) is 11.9. The molecule has 0 radical (unpaired) electrons. The van der Waals surface area contributed by atoms with Gasteiger partial charge >= 0.3 is 0 Å². The molecule has 0 bridgehead atoms. The van der Waals surface area contributed by atoms with Crippen LogP contribution in [0.4, 0.5) is 4.39 Å². The maximum atomic E-state index is 13.1. The number of halogens is 1. The molecule has 1 unspecified atom stereocenters. The van der Waals surface area contributed by atoms with Gasteiger partial charge < -0.3 is 10.6 Å². The number of benzene rings is 1. The van der Waals surface area contributed by atoms with E-state index in [1.54, 1.807) is 6.07 Å². The molecule has 0 spiro atoms. The van der Waals surface area contributed by atoms with E-state index in [0.29, 0.717) is 0 Å². The van der Waals surface area contributed by atoms with Crippen molar-refractivity contribution in [3.05, 3.63) is 35.6 Å². The second-order valence-corrected chi connectivity index (χ2v) is 6.25. The van der Waals surface area contributed by atoms with Crippen LogP contribution in [-0.4, -0.2) is 25.0 Å². The van der Waals surface area contributed by atoms with Gasteiger partial charge in [-0.2, -0.15) is 0 Å². The molecule has 18 heavy (non-hydrogen) atoms. The first-order chi connectivity index (χ1) is 8.28. The number of nitrogens with two attached hydrogens (primary N) is 1. The van der Waals surface area contributed by atoms with Gasteiger partial charge in [0.15, 0.2) is 0 Å². The van der Waals surface area contributed by atoms with E-state index in [4.69, 9.17) is 5.73 Å². The molecule has 0 aliphatic carbocycles. The van der Waals surface area contributed by atoms with Crippen LogP contribution < -0.4 is 5.73 Å². The minimum Gasteiger partial charge on any atom is -0.324 e. The molecular weight excluding hydrogens is 227 g/mol. The van der Waals surface area contributed by atoms with Crippen molar-refractivity contribution in [2.75, 3.05) is 20.1 Å². The summed E-state index contributed by atoms with van der Waals surface area (Å²) >= 11 is 0. The van der Waals surface area contributed by atoms with E-state index in [1.165, 1.54) is 12.1 Å². The first-order valence-electron chi connectivity index (χ1n) is 6.47. The third kappa shape index (κ3) is 5.61. The van der Waals surface area contributed by atoms with Crippen LogP contribution in [0.5, 0.6) is 0 Å². The lowest BCUT2D eigenvalue weighted by Crippen LogP contribution is -2.31. The standard InChI is InChI=1S/C15H25FN2/c1-15(2,3)11-18(4)9-8-14(17)12-6-5-7-13(16)10-12/h5-7,10,14H,8-9,11,17H2,1-4H3. The van der Waals surface area contributed by atoms with Crippen molar-refractivity contribution in [1.82, 2.24) is 4.90 Å². The first kappa shape index (κ1) is 15.1. The maximum Gasteiger partial charge on any atom is 0.123 e. The van der Waals surface area contributed by atoms with E-state index < -0.39 is 0 Å². The first-order valence-corrected chi connectivity index (χ1v) is 6.47. The van der Waals surface area contributed by atoms with E-state index in [-0.39, 0.29) is 17.3 Å². The van der Waals surface area contributed by atoms with E-state index in [0.717, 1.165) is 25.1 Å². The van der Waals surface area contributed by atoms with Crippen molar-refractivity contribution in [1.29, 1.82) is 0 Å². The lowest BCUT2D eigenvalue weighted by Gasteiger charge is -2.27. The van der Waals surface area contributed by atoms with Crippen LogP contribution in [0.15, 0.2) is 24.3 Å².